The fourth-order valence-corrected chi connectivity index (χ4v) is 3.09. The van der Waals surface area contributed by atoms with Gasteiger partial charge in [-0.3, -0.25) is 9.59 Å². The van der Waals surface area contributed by atoms with Crippen LogP contribution in [-0.2, 0) is 4.79 Å². The highest BCUT2D eigenvalue weighted by atomic mass is 32.2. The summed E-state index contributed by atoms with van der Waals surface area (Å²) in [5.74, 6) is -0.293. The molecular weight excluding hydrogens is 306 g/mol. The van der Waals surface area contributed by atoms with Crippen LogP contribution in [0.1, 0.15) is 16.1 Å². The molecule has 104 valence electrons. The number of nitrogens with zero attached hydrogens (tertiary/aromatic N) is 1. The fourth-order valence-electron chi connectivity index (χ4n) is 1.86. The Morgan fingerprint density at radius 1 is 1.19 bits per heavy atom. The Kier molecular flexibility index (Phi) is 3.72. The molecule has 0 unspecified atom stereocenters. The van der Waals surface area contributed by atoms with Gasteiger partial charge in [0.2, 0.25) is 0 Å². The molecule has 0 N–H and O–H groups in total. The topological polar surface area (TPSA) is 50.5 Å². The maximum absolute atomic E-state index is 12.4. The van der Waals surface area contributed by atoms with E-state index in [1.807, 2.05) is 0 Å². The lowest BCUT2D eigenvalue weighted by Crippen LogP contribution is -2.34. The quantitative estimate of drug-likeness (QED) is 0.483. The summed E-state index contributed by atoms with van der Waals surface area (Å²) >= 11 is 6.23. The van der Waals surface area contributed by atoms with E-state index in [0.717, 1.165) is 16.7 Å². The van der Waals surface area contributed by atoms with Crippen molar-refractivity contribution in [2.75, 3.05) is 0 Å². The average molecular weight is 315 g/mol. The van der Waals surface area contributed by atoms with Crippen LogP contribution in [-0.4, -0.2) is 21.0 Å². The molecule has 0 aliphatic carbocycles. The molecule has 2 heterocycles. The molecule has 3 rings (SSSR count). The number of hydrogen-bond acceptors (Lipinski definition) is 5. The molecule has 0 saturated carbocycles. The first kappa shape index (κ1) is 13.8. The zero-order valence-corrected chi connectivity index (χ0v) is 12.3. The van der Waals surface area contributed by atoms with Crippen molar-refractivity contribution in [3.8, 4) is 0 Å². The van der Waals surface area contributed by atoms with Gasteiger partial charge < -0.3 is 4.42 Å². The standard InChI is InChI=1S/C15H9NO3S2/c17-13(10-5-2-1-3-6-10)16-14(18)12(21-15(16)20)9-11-7-4-8-19-11/h1-9H. The second kappa shape index (κ2) is 5.67. The minimum Gasteiger partial charge on any atom is -0.465 e. The van der Waals surface area contributed by atoms with Gasteiger partial charge in [-0.15, -0.1) is 0 Å². The molecule has 1 aliphatic heterocycles. The summed E-state index contributed by atoms with van der Waals surface area (Å²) in [6.45, 7) is 0. The molecule has 1 saturated heterocycles. The SMILES string of the molecule is O=C1C(=Cc2ccco2)SC(=S)N1C(=O)c1ccccc1. The number of thiocarbonyl (C=S) groups is 1. The molecule has 0 radical (unpaired) electrons. The second-order valence-corrected chi connectivity index (χ2v) is 5.88. The van der Waals surface area contributed by atoms with Crippen molar-refractivity contribution in [3.05, 3.63) is 65.0 Å². The van der Waals surface area contributed by atoms with Gasteiger partial charge in [-0.25, -0.2) is 4.90 Å². The molecule has 1 fully saturated rings. The number of hydrogen-bond donors (Lipinski definition) is 0. The molecule has 1 aromatic carbocycles. The smallest absolute Gasteiger partial charge is 0.273 e. The fraction of sp³-hybridized carbons (Fsp3) is 0. The van der Waals surface area contributed by atoms with E-state index in [2.05, 4.69) is 0 Å². The van der Waals surface area contributed by atoms with Gasteiger partial charge in [0.05, 0.1) is 11.2 Å². The Balaban J connectivity index is 1.90. The summed E-state index contributed by atoms with van der Waals surface area (Å²) in [6, 6.07) is 12.0. The number of rotatable bonds is 2. The van der Waals surface area contributed by atoms with Gasteiger partial charge in [0.25, 0.3) is 11.8 Å². The zero-order valence-electron chi connectivity index (χ0n) is 10.7. The summed E-state index contributed by atoms with van der Waals surface area (Å²) in [4.78, 5) is 26.1. The predicted octanol–water partition coefficient (Wildman–Crippen LogP) is 3.32. The minimum absolute atomic E-state index is 0.228. The molecular formula is C15H9NO3S2. The van der Waals surface area contributed by atoms with E-state index < -0.39 is 11.8 Å². The van der Waals surface area contributed by atoms with Crippen molar-refractivity contribution in [1.29, 1.82) is 0 Å². The summed E-state index contributed by atoms with van der Waals surface area (Å²) in [7, 11) is 0. The van der Waals surface area contributed by atoms with E-state index in [1.165, 1.54) is 6.26 Å². The van der Waals surface area contributed by atoms with E-state index in [1.54, 1.807) is 48.5 Å². The van der Waals surface area contributed by atoms with Gasteiger partial charge in [0.1, 0.15) is 5.76 Å². The van der Waals surface area contributed by atoms with Crippen molar-refractivity contribution in [3.63, 3.8) is 0 Å². The molecule has 1 aliphatic rings. The molecule has 2 amide bonds. The van der Waals surface area contributed by atoms with Crippen molar-refractivity contribution in [2.45, 2.75) is 0 Å². The predicted molar refractivity (Wildman–Crippen MR) is 84.5 cm³/mol. The third-order valence-corrected chi connectivity index (χ3v) is 4.14. The third kappa shape index (κ3) is 2.68. The van der Waals surface area contributed by atoms with Crippen LogP contribution in [0.5, 0.6) is 0 Å². The van der Waals surface area contributed by atoms with E-state index in [-0.39, 0.29) is 4.32 Å². The lowest BCUT2D eigenvalue weighted by molar-refractivity contribution is -0.120. The Morgan fingerprint density at radius 2 is 1.95 bits per heavy atom. The van der Waals surface area contributed by atoms with Crippen molar-refractivity contribution in [2.24, 2.45) is 0 Å². The van der Waals surface area contributed by atoms with Crippen molar-refractivity contribution >= 4 is 46.2 Å². The largest absolute Gasteiger partial charge is 0.465 e. The Morgan fingerprint density at radius 3 is 2.62 bits per heavy atom. The molecule has 4 nitrogen and oxygen atoms in total. The third-order valence-electron chi connectivity index (χ3n) is 2.83. The molecule has 0 atom stereocenters. The lowest BCUT2D eigenvalue weighted by atomic mass is 10.2. The van der Waals surface area contributed by atoms with Crippen molar-refractivity contribution in [1.82, 2.24) is 4.90 Å². The van der Waals surface area contributed by atoms with Gasteiger partial charge in [0, 0.05) is 11.6 Å². The maximum atomic E-state index is 12.4. The number of carbonyl (C=O) groups excluding carboxylic acids is 2. The van der Waals surface area contributed by atoms with Gasteiger partial charge in [-0.1, -0.05) is 42.2 Å². The first-order valence-electron chi connectivity index (χ1n) is 6.07. The molecule has 21 heavy (non-hydrogen) atoms. The van der Waals surface area contributed by atoms with Crippen molar-refractivity contribution < 1.29 is 14.0 Å². The zero-order chi connectivity index (χ0) is 14.8. The minimum atomic E-state index is -0.421. The van der Waals surface area contributed by atoms with Gasteiger partial charge in [-0.05, 0) is 24.3 Å². The molecule has 1 aromatic heterocycles. The number of imide groups is 1. The highest BCUT2D eigenvalue weighted by Crippen LogP contribution is 2.33. The monoisotopic (exact) mass is 315 g/mol. The van der Waals surface area contributed by atoms with E-state index in [0.29, 0.717) is 16.2 Å². The van der Waals surface area contributed by atoms with Crippen LogP contribution in [0.15, 0.2) is 58.1 Å². The Labute approximate surface area is 130 Å². The van der Waals surface area contributed by atoms with Crippen LogP contribution >= 0.6 is 24.0 Å². The van der Waals surface area contributed by atoms with Crippen LogP contribution in [0, 0.1) is 0 Å². The first-order chi connectivity index (χ1) is 10.2. The molecule has 6 heteroatoms. The summed E-state index contributed by atoms with van der Waals surface area (Å²) in [5.41, 5.74) is 0.424. The Hall–Kier alpha value is -2.18. The van der Waals surface area contributed by atoms with Gasteiger partial charge in [0.15, 0.2) is 4.32 Å². The number of thioether (sulfide) groups is 1. The summed E-state index contributed by atoms with van der Waals surface area (Å²) in [6.07, 6.45) is 3.10. The Bertz CT molecular complexity index is 736. The number of benzene rings is 1. The molecule has 2 aromatic rings. The van der Waals surface area contributed by atoms with Crippen LogP contribution in [0.3, 0.4) is 0 Å². The lowest BCUT2D eigenvalue weighted by Gasteiger charge is -2.12. The second-order valence-electron chi connectivity index (χ2n) is 4.20. The van der Waals surface area contributed by atoms with Crippen LogP contribution < -0.4 is 0 Å². The van der Waals surface area contributed by atoms with E-state index in [9.17, 15) is 9.59 Å². The molecule has 0 spiro atoms. The van der Waals surface area contributed by atoms with Crippen LogP contribution in [0.25, 0.3) is 6.08 Å². The number of amides is 2. The summed E-state index contributed by atoms with van der Waals surface area (Å²) in [5, 5.41) is 0. The normalized spacial score (nSPS) is 16.8. The molecule has 0 bridgehead atoms. The first-order valence-corrected chi connectivity index (χ1v) is 7.30. The summed E-state index contributed by atoms with van der Waals surface area (Å²) < 4.78 is 5.40. The highest BCUT2D eigenvalue weighted by molar-refractivity contribution is 8.26. The van der Waals surface area contributed by atoms with Gasteiger partial charge >= 0.3 is 0 Å². The van der Waals surface area contributed by atoms with Gasteiger partial charge in [-0.2, -0.15) is 0 Å². The van der Waals surface area contributed by atoms with Crippen LogP contribution in [0.2, 0.25) is 0 Å². The highest BCUT2D eigenvalue weighted by Gasteiger charge is 2.37. The average Bonchev–Trinajstić information content (AvgIpc) is 3.09. The van der Waals surface area contributed by atoms with E-state index in [4.69, 9.17) is 16.6 Å². The number of furan rings is 1. The van der Waals surface area contributed by atoms with Crippen LogP contribution in [0.4, 0.5) is 0 Å². The number of carbonyl (C=O) groups is 2. The van der Waals surface area contributed by atoms with E-state index >= 15 is 0 Å². The maximum Gasteiger partial charge on any atom is 0.273 e.